The zero-order chi connectivity index (χ0) is 19.5. The molecule has 1 aliphatic carbocycles. The number of benzene rings is 3. The highest BCUT2D eigenvalue weighted by Gasteiger charge is 2.28. The minimum Gasteiger partial charge on any atom is -0.368 e. The molecule has 0 saturated heterocycles. The fourth-order valence-corrected chi connectivity index (χ4v) is 4.82. The van der Waals surface area contributed by atoms with E-state index in [-0.39, 0.29) is 5.78 Å². The van der Waals surface area contributed by atoms with Gasteiger partial charge in [-0.15, -0.1) is 0 Å². The van der Waals surface area contributed by atoms with Crippen molar-refractivity contribution >= 4 is 22.2 Å². The third kappa shape index (κ3) is 3.69. The molecule has 1 saturated carbocycles. The van der Waals surface area contributed by atoms with Crippen LogP contribution in [-0.2, 0) is 0 Å². The smallest absolute Gasteiger partial charge is 0.159 e. The minimum atomic E-state index is 0.140. The molecule has 0 bridgehead atoms. The van der Waals surface area contributed by atoms with E-state index in [0.717, 1.165) is 12.1 Å². The van der Waals surface area contributed by atoms with Crippen LogP contribution in [0.1, 0.15) is 61.4 Å². The molecule has 28 heavy (non-hydrogen) atoms. The van der Waals surface area contributed by atoms with Crippen LogP contribution in [0.15, 0.2) is 66.7 Å². The monoisotopic (exact) mass is 371 g/mol. The lowest BCUT2D eigenvalue weighted by molar-refractivity contribution is 0.101. The van der Waals surface area contributed by atoms with Crippen LogP contribution in [0, 0.1) is 0 Å². The Hall–Kier alpha value is -2.61. The molecule has 3 aromatic carbocycles. The predicted molar refractivity (Wildman–Crippen MR) is 118 cm³/mol. The van der Waals surface area contributed by atoms with Crippen molar-refractivity contribution in [3.63, 3.8) is 0 Å². The zero-order valence-electron chi connectivity index (χ0n) is 16.9. The number of hydrogen-bond acceptors (Lipinski definition) is 2. The number of fused-ring (bicyclic) bond motifs is 1. The molecule has 0 amide bonds. The van der Waals surface area contributed by atoms with Crippen LogP contribution in [0.3, 0.4) is 0 Å². The average molecular weight is 372 g/mol. The van der Waals surface area contributed by atoms with E-state index in [1.807, 2.05) is 12.1 Å². The lowest BCUT2D eigenvalue weighted by Crippen LogP contribution is -2.38. The van der Waals surface area contributed by atoms with E-state index >= 15 is 0 Å². The third-order valence-corrected chi connectivity index (χ3v) is 6.29. The van der Waals surface area contributed by atoms with Gasteiger partial charge < -0.3 is 4.90 Å². The van der Waals surface area contributed by atoms with Crippen LogP contribution >= 0.6 is 0 Å². The minimum absolute atomic E-state index is 0.140. The summed E-state index contributed by atoms with van der Waals surface area (Å²) in [6, 6.07) is 24.2. The molecule has 0 radical (unpaired) electrons. The van der Waals surface area contributed by atoms with Gasteiger partial charge in [0.05, 0.1) is 0 Å². The number of Topliss-reactive ketones (excluding diaryl/α,β-unsaturated/α-hetero) is 1. The Morgan fingerprint density at radius 1 is 0.964 bits per heavy atom. The number of carbonyl (C=O) groups excluding carboxylic acids is 1. The quantitative estimate of drug-likeness (QED) is 0.471. The van der Waals surface area contributed by atoms with Crippen molar-refractivity contribution in [2.45, 2.75) is 51.5 Å². The molecular formula is C26H29NO. The SMILES string of the molecule is CCN(c1cccc2ccccc12)C1CCCC(c2ccc(C(C)=O)cc2)C1. The van der Waals surface area contributed by atoms with E-state index in [1.54, 1.807) is 6.92 Å². The van der Waals surface area contributed by atoms with E-state index in [0.29, 0.717) is 12.0 Å². The summed E-state index contributed by atoms with van der Waals surface area (Å²) >= 11 is 0. The van der Waals surface area contributed by atoms with Gasteiger partial charge in [-0.2, -0.15) is 0 Å². The third-order valence-electron chi connectivity index (χ3n) is 6.29. The normalized spacial score (nSPS) is 19.5. The molecule has 3 aromatic rings. The van der Waals surface area contributed by atoms with Gasteiger partial charge in [0.25, 0.3) is 0 Å². The first-order chi connectivity index (χ1) is 13.7. The lowest BCUT2D eigenvalue weighted by atomic mass is 9.80. The van der Waals surface area contributed by atoms with Crippen LogP contribution in [0.2, 0.25) is 0 Å². The Balaban J connectivity index is 1.59. The van der Waals surface area contributed by atoms with Gasteiger partial charge in [0, 0.05) is 29.2 Å². The molecule has 144 valence electrons. The van der Waals surface area contributed by atoms with E-state index in [9.17, 15) is 4.79 Å². The first kappa shape index (κ1) is 18.7. The molecule has 0 aromatic heterocycles. The molecule has 1 fully saturated rings. The second-order valence-corrected chi connectivity index (χ2v) is 7.98. The number of hydrogen-bond donors (Lipinski definition) is 0. The van der Waals surface area contributed by atoms with E-state index in [4.69, 9.17) is 0 Å². The van der Waals surface area contributed by atoms with Gasteiger partial charge in [-0.1, -0.05) is 67.1 Å². The molecule has 2 heteroatoms. The fraction of sp³-hybridized carbons (Fsp3) is 0.346. The topological polar surface area (TPSA) is 20.3 Å². The maximum Gasteiger partial charge on any atom is 0.159 e. The lowest BCUT2D eigenvalue weighted by Gasteiger charge is -2.39. The summed E-state index contributed by atoms with van der Waals surface area (Å²) in [5, 5.41) is 2.66. The highest BCUT2D eigenvalue weighted by molar-refractivity contribution is 5.94. The number of rotatable bonds is 5. The zero-order valence-corrected chi connectivity index (χ0v) is 16.9. The highest BCUT2D eigenvalue weighted by atomic mass is 16.1. The summed E-state index contributed by atoms with van der Waals surface area (Å²) < 4.78 is 0. The highest BCUT2D eigenvalue weighted by Crippen LogP contribution is 2.38. The van der Waals surface area contributed by atoms with Crippen LogP contribution in [0.4, 0.5) is 5.69 Å². The molecule has 0 aliphatic heterocycles. The average Bonchev–Trinajstić information content (AvgIpc) is 2.75. The van der Waals surface area contributed by atoms with Gasteiger partial charge in [0.1, 0.15) is 0 Å². The van der Waals surface area contributed by atoms with Crippen LogP contribution in [0.25, 0.3) is 10.8 Å². The summed E-state index contributed by atoms with van der Waals surface area (Å²) in [4.78, 5) is 14.2. The van der Waals surface area contributed by atoms with Gasteiger partial charge in [0.15, 0.2) is 5.78 Å². The van der Waals surface area contributed by atoms with E-state index in [2.05, 4.69) is 66.4 Å². The Kier molecular flexibility index (Phi) is 5.47. The molecule has 2 unspecified atom stereocenters. The number of anilines is 1. The van der Waals surface area contributed by atoms with Crippen molar-refractivity contribution in [1.29, 1.82) is 0 Å². The van der Waals surface area contributed by atoms with Crippen LogP contribution in [-0.4, -0.2) is 18.4 Å². The van der Waals surface area contributed by atoms with Crippen molar-refractivity contribution in [3.8, 4) is 0 Å². The summed E-state index contributed by atoms with van der Waals surface area (Å²) in [6.45, 7) is 4.93. The first-order valence-electron chi connectivity index (χ1n) is 10.5. The van der Waals surface area contributed by atoms with Gasteiger partial charge in [-0.3, -0.25) is 4.79 Å². The largest absolute Gasteiger partial charge is 0.368 e. The maximum atomic E-state index is 11.6. The number of carbonyl (C=O) groups is 1. The molecule has 0 N–H and O–H groups in total. The van der Waals surface area contributed by atoms with Crippen molar-refractivity contribution in [2.75, 3.05) is 11.4 Å². The van der Waals surface area contributed by atoms with Crippen molar-refractivity contribution in [2.24, 2.45) is 0 Å². The van der Waals surface area contributed by atoms with Crippen molar-refractivity contribution in [3.05, 3.63) is 77.9 Å². The van der Waals surface area contributed by atoms with Gasteiger partial charge >= 0.3 is 0 Å². The molecule has 1 aliphatic rings. The summed E-state index contributed by atoms with van der Waals surface area (Å²) in [7, 11) is 0. The second kappa shape index (κ2) is 8.18. The van der Waals surface area contributed by atoms with Crippen molar-refractivity contribution < 1.29 is 4.79 Å². The number of nitrogens with zero attached hydrogens (tertiary/aromatic N) is 1. The number of ketones is 1. The standard InChI is InChI=1S/C26H29NO/c1-3-27(26-13-7-9-22-8-4-5-12-25(22)26)24-11-6-10-23(18-24)21-16-14-20(15-17-21)19(2)28/h4-5,7-9,12-17,23-24H,3,6,10-11,18H2,1-2H3. The summed E-state index contributed by atoms with van der Waals surface area (Å²) in [6.07, 6.45) is 4.92. The molecule has 0 heterocycles. The Morgan fingerprint density at radius 2 is 1.71 bits per heavy atom. The molecule has 2 atom stereocenters. The Labute approximate surface area is 168 Å². The molecule has 0 spiro atoms. The van der Waals surface area contributed by atoms with Gasteiger partial charge in [-0.05, 0) is 56.0 Å². The van der Waals surface area contributed by atoms with Crippen LogP contribution in [0.5, 0.6) is 0 Å². The van der Waals surface area contributed by atoms with Crippen LogP contribution < -0.4 is 4.90 Å². The maximum absolute atomic E-state index is 11.6. The first-order valence-corrected chi connectivity index (χ1v) is 10.5. The molecule has 4 rings (SSSR count). The summed E-state index contributed by atoms with van der Waals surface area (Å²) in [5.41, 5.74) is 3.55. The predicted octanol–water partition coefficient (Wildman–Crippen LogP) is 6.60. The Bertz CT molecular complexity index is 954. The Morgan fingerprint density at radius 3 is 2.46 bits per heavy atom. The van der Waals surface area contributed by atoms with E-state index in [1.165, 1.54) is 47.7 Å². The molecular weight excluding hydrogens is 342 g/mol. The fourth-order valence-electron chi connectivity index (χ4n) is 4.82. The van der Waals surface area contributed by atoms with Gasteiger partial charge in [-0.25, -0.2) is 0 Å². The van der Waals surface area contributed by atoms with E-state index < -0.39 is 0 Å². The molecule has 2 nitrogen and oxygen atoms in total. The second-order valence-electron chi connectivity index (χ2n) is 7.98. The summed E-state index contributed by atoms with van der Waals surface area (Å²) in [5.74, 6) is 0.713. The van der Waals surface area contributed by atoms with Gasteiger partial charge in [0.2, 0.25) is 0 Å². The van der Waals surface area contributed by atoms with Crippen molar-refractivity contribution in [1.82, 2.24) is 0 Å².